The van der Waals surface area contributed by atoms with Crippen LogP contribution in [-0.4, -0.2) is 23.3 Å². The zero-order chi connectivity index (χ0) is 13.1. The van der Waals surface area contributed by atoms with Crippen molar-refractivity contribution in [1.29, 1.82) is 0 Å². The summed E-state index contributed by atoms with van der Waals surface area (Å²) in [6, 6.07) is 0.639. The van der Waals surface area contributed by atoms with Crippen LogP contribution in [0.25, 0.3) is 0 Å². The molecule has 3 atom stereocenters. The van der Waals surface area contributed by atoms with Crippen molar-refractivity contribution in [3.63, 3.8) is 0 Å². The number of nitrogens with zero attached hydrogens (tertiary/aromatic N) is 2. The van der Waals surface area contributed by atoms with E-state index in [0.717, 1.165) is 25.7 Å². The Hall–Kier alpha value is -0.440. The summed E-state index contributed by atoms with van der Waals surface area (Å²) in [7, 11) is 0. The number of unbranched alkanes of at least 4 members (excludes halogenated alkanes) is 2. The average Bonchev–Trinajstić information content (AvgIpc) is 2.29. The molecule has 1 N–H and O–H groups in total. The summed E-state index contributed by atoms with van der Waals surface area (Å²) in [5.41, 5.74) is 0. The zero-order valence-electron chi connectivity index (χ0n) is 12.0. The molecule has 3 unspecified atom stereocenters. The molecular weight excluding hydrogens is 212 g/mol. The normalized spacial score (nSPS) is 17.2. The molecule has 0 saturated carbocycles. The van der Waals surface area contributed by atoms with Gasteiger partial charge in [0.25, 0.3) is 0 Å². The molecule has 3 heteroatoms. The second-order valence-corrected chi connectivity index (χ2v) is 5.06. The zero-order valence-corrected chi connectivity index (χ0v) is 12.0. The first-order valence-electron chi connectivity index (χ1n) is 7.18. The van der Waals surface area contributed by atoms with Gasteiger partial charge in [-0.25, -0.2) is 0 Å². The van der Waals surface area contributed by atoms with Crippen LogP contribution in [0.5, 0.6) is 0 Å². The van der Waals surface area contributed by atoms with Crippen molar-refractivity contribution in [2.45, 2.75) is 90.8 Å². The number of hydrogen-bond acceptors (Lipinski definition) is 3. The summed E-state index contributed by atoms with van der Waals surface area (Å²) in [4.78, 5) is 0. The Morgan fingerprint density at radius 2 is 1.65 bits per heavy atom. The largest absolute Gasteiger partial charge is 0.393 e. The molecule has 0 amide bonds. The van der Waals surface area contributed by atoms with Crippen molar-refractivity contribution in [1.82, 2.24) is 0 Å². The van der Waals surface area contributed by atoms with E-state index in [1.54, 1.807) is 0 Å². The molecule has 0 aromatic heterocycles. The second kappa shape index (κ2) is 10.7. The molecule has 0 heterocycles. The van der Waals surface area contributed by atoms with E-state index in [2.05, 4.69) is 31.0 Å². The molecule has 102 valence electrons. The molecule has 0 aromatic rings. The summed E-state index contributed by atoms with van der Waals surface area (Å²) in [5, 5.41) is 18.0. The maximum absolute atomic E-state index is 9.25. The van der Waals surface area contributed by atoms with Gasteiger partial charge in [0.2, 0.25) is 0 Å². The molecule has 0 fully saturated rings. The first-order chi connectivity index (χ1) is 8.10. The Bertz CT molecular complexity index is 193. The van der Waals surface area contributed by atoms with E-state index >= 15 is 0 Å². The Labute approximate surface area is 107 Å². The summed E-state index contributed by atoms with van der Waals surface area (Å²) >= 11 is 0. The van der Waals surface area contributed by atoms with Crippen LogP contribution in [-0.2, 0) is 0 Å². The van der Waals surface area contributed by atoms with Crippen LogP contribution in [0.3, 0.4) is 0 Å². The lowest BCUT2D eigenvalue weighted by Crippen LogP contribution is -2.09. The van der Waals surface area contributed by atoms with Gasteiger partial charge in [-0.05, 0) is 39.5 Å². The quantitative estimate of drug-likeness (QED) is 0.449. The molecule has 0 aliphatic rings. The van der Waals surface area contributed by atoms with Gasteiger partial charge in [0, 0.05) is 0 Å². The molecule has 0 saturated heterocycles. The minimum atomic E-state index is -0.221. The average molecular weight is 242 g/mol. The Morgan fingerprint density at radius 1 is 0.941 bits per heavy atom. The van der Waals surface area contributed by atoms with Crippen LogP contribution >= 0.6 is 0 Å². The van der Waals surface area contributed by atoms with E-state index in [4.69, 9.17) is 0 Å². The second-order valence-electron chi connectivity index (χ2n) is 5.06. The van der Waals surface area contributed by atoms with E-state index in [1.165, 1.54) is 19.3 Å². The molecule has 3 nitrogen and oxygen atoms in total. The lowest BCUT2D eigenvalue weighted by Gasteiger charge is -2.11. The molecule has 0 aliphatic heterocycles. The van der Waals surface area contributed by atoms with Crippen molar-refractivity contribution < 1.29 is 5.11 Å². The number of aliphatic hydroxyl groups excluding tert-OH is 1. The van der Waals surface area contributed by atoms with Crippen molar-refractivity contribution in [2.24, 2.45) is 10.2 Å². The fraction of sp³-hybridized carbons (Fsp3) is 1.00. The predicted molar refractivity (Wildman–Crippen MR) is 73.5 cm³/mol. The van der Waals surface area contributed by atoms with Crippen molar-refractivity contribution in [3.8, 4) is 0 Å². The predicted octanol–water partition coefficient (Wildman–Crippen LogP) is 4.35. The maximum atomic E-state index is 9.25. The van der Waals surface area contributed by atoms with Crippen molar-refractivity contribution in [3.05, 3.63) is 0 Å². The van der Waals surface area contributed by atoms with Crippen LogP contribution in [0, 0.1) is 0 Å². The van der Waals surface area contributed by atoms with Gasteiger partial charge in [-0.15, -0.1) is 0 Å². The van der Waals surface area contributed by atoms with Crippen LogP contribution in [0.15, 0.2) is 10.2 Å². The smallest absolute Gasteiger partial charge is 0.0706 e. The van der Waals surface area contributed by atoms with Gasteiger partial charge < -0.3 is 5.11 Å². The van der Waals surface area contributed by atoms with E-state index < -0.39 is 0 Å². The Balaban J connectivity index is 3.82. The van der Waals surface area contributed by atoms with Gasteiger partial charge in [-0.3, -0.25) is 0 Å². The van der Waals surface area contributed by atoms with Gasteiger partial charge >= 0.3 is 0 Å². The first-order valence-corrected chi connectivity index (χ1v) is 7.18. The molecule has 0 aliphatic carbocycles. The monoisotopic (exact) mass is 242 g/mol. The first kappa shape index (κ1) is 16.6. The lowest BCUT2D eigenvalue weighted by molar-refractivity contribution is 0.177. The Kier molecular flexibility index (Phi) is 10.4. The van der Waals surface area contributed by atoms with Gasteiger partial charge in [0.15, 0.2) is 0 Å². The third kappa shape index (κ3) is 10.4. The van der Waals surface area contributed by atoms with Gasteiger partial charge in [-0.2, -0.15) is 10.2 Å². The molecule has 0 rings (SSSR count). The van der Waals surface area contributed by atoms with E-state index in [9.17, 15) is 5.11 Å². The standard InChI is InChI=1S/C14H30N2O/c1-5-7-8-9-12(3)15-16-14(6-2)11-10-13(4)17/h12-14,17H,5-11H2,1-4H3. The molecule has 0 radical (unpaired) electrons. The van der Waals surface area contributed by atoms with Gasteiger partial charge in [0.1, 0.15) is 0 Å². The minimum Gasteiger partial charge on any atom is -0.393 e. The molecule has 0 bridgehead atoms. The van der Waals surface area contributed by atoms with Crippen molar-refractivity contribution in [2.75, 3.05) is 0 Å². The number of hydrogen-bond donors (Lipinski definition) is 1. The molecule has 17 heavy (non-hydrogen) atoms. The third-order valence-electron chi connectivity index (χ3n) is 3.04. The highest BCUT2D eigenvalue weighted by Gasteiger charge is 2.07. The van der Waals surface area contributed by atoms with Crippen LogP contribution in [0.2, 0.25) is 0 Å². The Morgan fingerprint density at radius 3 is 2.18 bits per heavy atom. The summed E-state index contributed by atoms with van der Waals surface area (Å²) in [5.74, 6) is 0. The molecule has 0 aromatic carbocycles. The summed E-state index contributed by atoms with van der Waals surface area (Å²) in [6.07, 6.45) is 7.50. The maximum Gasteiger partial charge on any atom is 0.0706 e. The molecular formula is C14H30N2O. The number of rotatable bonds is 10. The fourth-order valence-electron chi connectivity index (χ4n) is 1.73. The SMILES string of the molecule is CCCCCC(C)N=NC(CC)CCC(C)O. The highest BCUT2D eigenvalue weighted by atomic mass is 16.3. The number of azo groups is 1. The van der Waals surface area contributed by atoms with Gasteiger partial charge in [-0.1, -0.05) is 33.1 Å². The van der Waals surface area contributed by atoms with Crippen LogP contribution in [0.4, 0.5) is 0 Å². The topological polar surface area (TPSA) is 45.0 Å². The fourth-order valence-corrected chi connectivity index (χ4v) is 1.73. The van der Waals surface area contributed by atoms with Gasteiger partial charge in [0.05, 0.1) is 18.2 Å². The molecule has 0 spiro atoms. The van der Waals surface area contributed by atoms with E-state index in [1.807, 2.05) is 6.92 Å². The highest BCUT2D eigenvalue weighted by Crippen LogP contribution is 2.12. The van der Waals surface area contributed by atoms with Crippen LogP contribution < -0.4 is 0 Å². The third-order valence-corrected chi connectivity index (χ3v) is 3.04. The lowest BCUT2D eigenvalue weighted by atomic mass is 10.1. The van der Waals surface area contributed by atoms with Crippen LogP contribution in [0.1, 0.15) is 72.6 Å². The minimum absolute atomic E-state index is 0.221. The number of aliphatic hydroxyl groups is 1. The van der Waals surface area contributed by atoms with E-state index in [0.29, 0.717) is 12.1 Å². The van der Waals surface area contributed by atoms with Crippen molar-refractivity contribution >= 4 is 0 Å². The highest BCUT2D eigenvalue weighted by molar-refractivity contribution is 4.66. The van der Waals surface area contributed by atoms with E-state index in [-0.39, 0.29) is 6.10 Å². The summed E-state index contributed by atoms with van der Waals surface area (Å²) in [6.45, 7) is 8.32. The summed E-state index contributed by atoms with van der Waals surface area (Å²) < 4.78 is 0.